The van der Waals surface area contributed by atoms with Crippen LogP contribution in [0.4, 0.5) is 0 Å². The highest BCUT2D eigenvalue weighted by atomic mass is 16.7. The third-order valence-corrected chi connectivity index (χ3v) is 1.28. The van der Waals surface area contributed by atoms with Crippen LogP contribution in [0.5, 0.6) is 0 Å². The normalized spacial score (nSPS) is 13.3. The molecule has 0 fully saturated rings. The summed E-state index contributed by atoms with van der Waals surface area (Å²) in [6, 6.07) is 0. The van der Waals surface area contributed by atoms with Crippen LogP contribution >= 0.6 is 0 Å². The van der Waals surface area contributed by atoms with Crippen LogP contribution in [0.15, 0.2) is 0 Å². The quantitative estimate of drug-likeness (QED) is 0.258. The maximum atomic E-state index is 9.99. The maximum absolute atomic E-state index is 9.99. The SMILES string of the molecule is CC(C)([N+](=O)[O-])C(O)(O)O. The minimum absolute atomic E-state index is 0.896. The second kappa shape index (κ2) is 2.15. The third-order valence-electron chi connectivity index (χ3n) is 1.28. The van der Waals surface area contributed by atoms with Gasteiger partial charge in [-0.3, -0.25) is 10.1 Å². The lowest BCUT2D eigenvalue weighted by molar-refractivity contribution is -0.628. The Morgan fingerprint density at radius 3 is 1.60 bits per heavy atom. The van der Waals surface area contributed by atoms with E-state index in [0.29, 0.717) is 0 Å². The molecule has 60 valence electrons. The Labute approximate surface area is 56.9 Å². The number of nitro groups is 1. The van der Waals surface area contributed by atoms with E-state index in [1.54, 1.807) is 0 Å². The first kappa shape index (κ1) is 9.28. The molecule has 0 radical (unpaired) electrons. The highest BCUT2D eigenvalue weighted by Gasteiger charge is 2.52. The van der Waals surface area contributed by atoms with Crippen LogP contribution < -0.4 is 0 Å². The van der Waals surface area contributed by atoms with Crippen molar-refractivity contribution in [2.75, 3.05) is 0 Å². The molecule has 0 rings (SSSR count). The Balaban J connectivity index is 4.57. The fourth-order valence-electron chi connectivity index (χ4n) is 0.122. The van der Waals surface area contributed by atoms with Crippen LogP contribution in [0, 0.1) is 10.1 Å². The molecular weight excluding hydrogens is 142 g/mol. The summed E-state index contributed by atoms with van der Waals surface area (Å²) in [5, 5.41) is 35.1. The molecule has 0 aliphatic carbocycles. The lowest BCUT2D eigenvalue weighted by Gasteiger charge is -2.24. The zero-order chi connectivity index (χ0) is 8.58. The van der Waals surface area contributed by atoms with Crippen molar-refractivity contribution in [1.29, 1.82) is 0 Å². The van der Waals surface area contributed by atoms with E-state index in [-0.39, 0.29) is 0 Å². The smallest absolute Gasteiger partial charge is 0.338 e. The second-order valence-corrected chi connectivity index (χ2v) is 2.45. The van der Waals surface area contributed by atoms with Gasteiger partial charge in [0.2, 0.25) is 0 Å². The average Bonchev–Trinajstić information content (AvgIpc) is 1.62. The second-order valence-electron chi connectivity index (χ2n) is 2.45. The molecule has 0 saturated carbocycles. The van der Waals surface area contributed by atoms with Crippen LogP contribution in [0.3, 0.4) is 0 Å². The minimum atomic E-state index is -3.28. The summed E-state index contributed by atoms with van der Waals surface area (Å²) >= 11 is 0. The lowest BCUT2D eigenvalue weighted by Crippen LogP contribution is -2.55. The Hall–Kier alpha value is -0.720. The summed E-state index contributed by atoms with van der Waals surface area (Å²) < 4.78 is 0. The first-order chi connectivity index (χ1) is 4.19. The van der Waals surface area contributed by atoms with Gasteiger partial charge in [0, 0.05) is 18.8 Å². The van der Waals surface area contributed by atoms with Crippen molar-refractivity contribution >= 4 is 0 Å². The number of aliphatic hydroxyl groups is 3. The van der Waals surface area contributed by atoms with Crippen LogP contribution in [0.25, 0.3) is 0 Å². The van der Waals surface area contributed by atoms with Crippen LogP contribution in [-0.2, 0) is 0 Å². The number of hydrogen-bond acceptors (Lipinski definition) is 5. The van der Waals surface area contributed by atoms with Crippen molar-refractivity contribution in [3.05, 3.63) is 10.1 Å². The summed E-state index contributed by atoms with van der Waals surface area (Å²) in [7, 11) is 0. The molecule has 0 aromatic heterocycles. The molecule has 0 amide bonds. The Morgan fingerprint density at radius 2 is 1.60 bits per heavy atom. The Kier molecular flexibility index (Phi) is 2.00. The van der Waals surface area contributed by atoms with E-state index < -0.39 is 16.4 Å². The minimum Gasteiger partial charge on any atom is -0.338 e. The standard InChI is InChI=1S/C4H9NO5/c1-3(2,5(9)10)4(6,7)8/h6-8H,1-2H3. The van der Waals surface area contributed by atoms with Gasteiger partial charge < -0.3 is 15.3 Å². The topological polar surface area (TPSA) is 104 Å². The predicted octanol–water partition coefficient (Wildman–Crippen LogP) is -1.33. The first-order valence-electron chi connectivity index (χ1n) is 2.51. The van der Waals surface area contributed by atoms with E-state index in [4.69, 9.17) is 15.3 Å². The van der Waals surface area contributed by atoms with Crippen molar-refractivity contribution < 1.29 is 20.2 Å². The lowest BCUT2D eigenvalue weighted by atomic mass is 10.0. The molecule has 0 spiro atoms. The van der Waals surface area contributed by atoms with E-state index in [1.165, 1.54) is 0 Å². The number of nitrogens with zero attached hydrogens (tertiary/aromatic N) is 1. The molecule has 6 heteroatoms. The van der Waals surface area contributed by atoms with Gasteiger partial charge in [-0.15, -0.1) is 0 Å². The van der Waals surface area contributed by atoms with Crippen LogP contribution in [0.2, 0.25) is 0 Å². The highest BCUT2D eigenvalue weighted by molar-refractivity contribution is 4.74. The molecule has 0 saturated heterocycles. The monoisotopic (exact) mass is 151 g/mol. The summed E-state index contributed by atoms with van der Waals surface area (Å²) in [5.74, 6) is -3.28. The van der Waals surface area contributed by atoms with Gasteiger partial charge in [-0.25, -0.2) is 0 Å². The first-order valence-corrected chi connectivity index (χ1v) is 2.51. The van der Waals surface area contributed by atoms with Gasteiger partial charge >= 0.3 is 5.97 Å². The van der Waals surface area contributed by atoms with Gasteiger partial charge in [0.15, 0.2) is 0 Å². The molecular formula is C4H9NO5. The molecule has 3 N–H and O–H groups in total. The van der Waals surface area contributed by atoms with E-state index in [1.807, 2.05) is 0 Å². The van der Waals surface area contributed by atoms with Crippen molar-refractivity contribution in [2.24, 2.45) is 0 Å². The largest absolute Gasteiger partial charge is 0.349 e. The van der Waals surface area contributed by atoms with Gasteiger partial charge in [-0.05, 0) is 0 Å². The van der Waals surface area contributed by atoms with E-state index in [0.717, 1.165) is 13.8 Å². The molecule has 0 aromatic rings. The Morgan fingerprint density at radius 1 is 1.30 bits per heavy atom. The molecule has 0 aliphatic heterocycles. The number of rotatable bonds is 2. The zero-order valence-electron chi connectivity index (χ0n) is 5.61. The van der Waals surface area contributed by atoms with E-state index >= 15 is 0 Å². The highest BCUT2D eigenvalue weighted by Crippen LogP contribution is 2.18. The molecule has 0 heterocycles. The van der Waals surface area contributed by atoms with Gasteiger partial charge in [-0.1, -0.05) is 0 Å². The van der Waals surface area contributed by atoms with Crippen LogP contribution in [0.1, 0.15) is 13.8 Å². The fourth-order valence-corrected chi connectivity index (χ4v) is 0.122. The molecule has 0 aromatic carbocycles. The zero-order valence-corrected chi connectivity index (χ0v) is 5.61. The van der Waals surface area contributed by atoms with Crippen molar-refractivity contribution in [3.8, 4) is 0 Å². The number of hydrogen-bond donors (Lipinski definition) is 3. The average molecular weight is 151 g/mol. The Bertz CT molecular complexity index is 146. The van der Waals surface area contributed by atoms with Gasteiger partial charge in [-0.2, -0.15) is 0 Å². The van der Waals surface area contributed by atoms with Crippen molar-refractivity contribution in [3.63, 3.8) is 0 Å². The van der Waals surface area contributed by atoms with Crippen molar-refractivity contribution in [2.45, 2.75) is 25.4 Å². The summed E-state index contributed by atoms with van der Waals surface area (Å²) in [4.78, 5) is 9.01. The summed E-state index contributed by atoms with van der Waals surface area (Å²) in [5.41, 5.74) is -2.17. The predicted molar refractivity (Wildman–Crippen MR) is 30.5 cm³/mol. The van der Waals surface area contributed by atoms with Crippen molar-refractivity contribution in [1.82, 2.24) is 0 Å². The van der Waals surface area contributed by atoms with E-state index in [2.05, 4.69) is 0 Å². The molecule has 10 heavy (non-hydrogen) atoms. The van der Waals surface area contributed by atoms with Gasteiger partial charge in [0.25, 0.3) is 5.54 Å². The third kappa shape index (κ3) is 1.41. The molecule has 0 unspecified atom stereocenters. The molecule has 6 nitrogen and oxygen atoms in total. The molecule has 0 bridgehead atoms. The molecule has 0 atom stereocenters. The summed E-state index contributed by atoms with van der Waals surface area (Å²) in [6.07, 6.45) is 0. The molecule has 0 aliphatic rings. The van der Waals surface area contributed by atoms with E-state index in [9.17, 15) is 10.1 Å². The van der Waals surface area contributed by atoms with Crippen LogP contribution in [-0.4, -0.2) is 31.8 Å². The summed E-state index contributed by atoms with van der Waals surface area (Å²) in [6.45, 7) is 1.79. The van der Waals surface area contributed by atoms with Gasteiger partial charge in [0.05, 0.1) is 0 Å². The fraction of sp³-hybridized carbons (Fsp3) is 1.00. The van der Waals surface area contributed by atoms with Gasteiger partial charge in [0.1, 0.15) is 0 Å². The maximum Gasteiger partial charge on any atom is 0.349 e.